The number of nitrogens with two attached hydrogens (primary N) is 1. The zero-order valence-corrected chi connectivity index (χ0v) is 9.75. The normalized spacial score (nSPS) is 17.4. The molecule has 0 spiro atoms. The Bertz CT molecular complexity index is 424. The highest BCUT2D eigenvalue weighted by Crippen LogP contribution is 2.27. The molecular weight excluding hydrogens is 202 g/mol. The predicted octanol–water partition coefficient (Wildman–Crippen LogP) is 1.93. The zero-order valence-electron chi connectivity index (χ0n) is 9.75. The molecule has 0 saturated heterocycles. The van der Waals surface area contributed by atoms with Crippen molar-refractivity contribution in [3.05, 3.63) is 29.3 Å². The van der Waals surface area contributed by atoms with Crippen molar-refractivity contribution in [2.24, 2.45) is 5.73 Å². The van der Waals surface area contributed by atoms with E-state index < -0.39 is 5.54 Å². The number of carbonyl (C=O) groups excluding carboxylic acids is 1. The lowest BCUT2D eigenvalue weighted by molar-refractivity contribution is 0.0897. The van der Waals surface area contributed by atoms with Crippen LogP contribution in [0.25, 0.3) is 0 Å². The van der Waals surface area contributed by atoms with E-state index in [-0.39, 0.29) is 5.78 Å². The lowest BCUT2D eigenvalue weighted by Crippen LogP contribution is -2.44. The van der Waals surface area contributed by atoms with Crippen LogP contribution in [0.15, 0.2) is 18.2 Å². The fourth-order valence-electron chi connectivity index (χ4n) is 1.82. The minimum Gasteiger partial charge on any atom is -0.493 e. The Kier molecular flexibility index (Phi) is 2.72. The van der Waals surface area contributed by atoms with Crippen molar-refractivity contribution < 1.29 is 9.53 Å². The van der Waals surface area contributed by atoms with Crippen LogP contribution in [0.3, 0.4) is 0 Å². The van der Waals surface area contributed by atoms with E-state index in [2.05, 4.69) is 0 Å². The second-order valence-corrected chi connectivity index (χ2v) is 4.52. The molecule has 0 saturated carbocycles. The van der Waals surface area contributed by atoms with Gasteiger partial charge in [-0.05, 0) is 37.1 Å². The highest BCUT2D eigenvalue weighted by molar-refractivity contribution is 6.03. The summed E-state index contributed by atoms with van der Waals surface area (Å²) in [6, 6.07) is 5.57. The van der Waals surface area contributed by atoms with E-state index in [0.717, 1.165) is 17.7 Å². The van der Waals surface area contributed by atoms with Gasteiger partial charge in [0.15, 0.2) is 5.78 Å². The van der Waals surface area contributed by atoms with Gasteiger partial charge >= 0.3 is 0 Å². The van der Waals surface area contributed by atoms with Gasteiger partial charge < -0.3 is 10.5 Å². The lowest BCUT2D eigenvalue weighted by Gasteiger charge is -2.21. The number of hydrogen-bond acceptors (Lipinski definition) is 3. The van der Waals surface area contributed by atoms with Gasteiger partial charge in [-0.3, -0.25) is 4.79 Å². The summed E-state index contributed by atoms with van der Waals surface area (Å²) >= 11 is 0. The number of ketones is 1. The van der Waals surface area contributed by atoms with Crippen LogP contribution in [0.1, 0.15) is 36.2 Å². The van der Waals surface area contributed by atoms with Crippen molar-refractivity contribution in [3.63, 3.8) is 0 Å². The minimum atomic E-state index is -0.770. The van der Waals surface area contributed by atoms with E-state index in [1.54, 1.807) is 13.0 Å². The fourth-order valence-corrected chi connectivity index (χ4v) is 1.82. The van der Waals surface area contributed by atoms with Crippen molar-refractivity contribution in [1.82, 2.24) is 0 Å². The molecule has 1 aromatic rings. The van der Waals surface area contributed by atoms with Crippen molar-refractivity contribution in [2.45, 2.75) is 32.2 Å². The molecule has 1 aromatic carbocycles. The molecule has 1 heterocycles. The molecule has 0 radical (unpaired) electrons. The Morgan fingerprint density at radius 1 is 1.56 bits per heavy atom. The molecule has 2 N–H and O–H groups in total. The molecule has 0 bridgehead atoms. The lowest BCUT2D eigenvalue weighted by atomic mass is 9.89. The van der Waals surface area contributed by atoms with E-state index in [0.29, 0.717) is 18.6 Å². The van der Waals surface area contributed by atoms with Gasteiger partial charge in [0.1, 0.15) is 5.75 Å². The van der Waals surface area contributed by atoms with Crippen molar-refractivity contribution in [2.75, 3.05) is 6.61 Å². The topological polar surface area (TPSA) is 52.3 Å². The Morgan fingerprint density at radius 3 is 3.00 bits per heavy atom. The molecule has 1 aliphatic heterocycles. The zero-order chi connectivity index (χ0) is 11.8. The summed E-state index contributed by atoms with van der Waals surface area (Å²) in [7, 11) is 0. The van der Waals surface area contributed by atoms with E-state index in [1.165, 1.54) is 0 Å². The highest BCUT2D eigenvalue weighted by Gasteiger charge is 2.28. The van der Waals surface area contributed by atoms with E-state index >= 15 is 0 Å². The van der Waals surface area contributed by atoms with Crippen LogP contribution in [-0.2, 0) is 6.42 Å². The molecule has 1 unspecified atom stereocenters. The van der Waals surface area contributed by atoms with Crippen LogP contribution in [0.2, 0.25) is 0 Å². The number of carbonyl (C=O) groups is 1. The number of Topliss-reactive ketones (excluding diaryl/α,β-unsaturated/α-hetero) is 1. The number of fused-ring (bicyclic) bond motifs is 1. The van der Waals surface area contributed by atoms with Crippen LogP contribution < -0.4 is 10.5 Å². The molecule has 0 amide bonds. The summed E-state index contributed by atoms with van der Waals surface area (Å²) < 4.78 is 5.40. The molecular formula is C13H17NO2. The number of hydrogen-bond donors (Lipinski definition) is 1. The third kappa shape index (κ3) is 1.83. The largest absolute Gasteiger partial charge is 0.493 e. The molecule has 3 heteroatoms. The van der Waals surface area contributed by atoms with Crippen molar-refractivity contribution in [1.29, 1.82) is 0 Å². The second-order valence-electron chi connectivity index (χ2n) is 4.52. The van der Waals surface area contributed by atoms with E-state index in [1.807, 2.05) is 19.1 Å². The molecule has 86 valence electrons. The van der Waals surface area contributed by atoms with Gasteiger partial charge in [0.25, 0.3) is 0 Å². The Balaban J connectivity index is 2.32. The smallest absolute Gasteiger partial charge is 0.182 e. The first-order valence-electron chi connectivity index (χ1n) is 5.64. The van der Waals surface area contributed by atoms with Crippen molar-refractivity contribution in [3.8, 4) is 5.75 Å². The average Bonchev–Trinajstić information content (AvgIpc) is 2.74. The predicted molar refractivity (Wildman–Crippen MR) is 62.9 cm³/mol. The molecule has 2 rings (SSSR count). The quantitative estimate of drug-likeness (QED) is 0.790. The first kappa shape index (κ1) is 11.1. The second kappa shape index (κ2) is 3.91. The van der Waals surface area contributed by atoms with Crippen LogP contribution >= 0.6 is 0 Å². The first-order valence-corrected chi connectivity index (χ1v) is 5.64. The summed E-state index contributed by atoms with van der Waals surface area (Å²) in [4.78, 5) is 12.1. The van der Waals surface area contributed by atoms with Crippen LogP contribution in [-0.4, -0.2) is 17.9 Å². The molecule has 0 aromatic heterocycles. The van der Waals surface area contributed by atoms with Crippen LogP contribution in [0.4, 0.5) is 0 Å². The monoisotopic (exact) mass is 219 g/mol. The van der Waals surface area contributed by atoms with Gasteiger partial charge in [-0.25, -0.2) is 0 Å². The Morgan fingerprint density at radius 2 is 2.31 bits per heavy atom. The summed E-state index contributed by atoms with van der Waals surface area (Å²) in [6.07, 6.45) is 1.52. The van der Waals surface area contributed by atoms with Gasteiger partial charge in [0.05, 0.1) is 12.1 Å². The maximum atomic E-state index is 12.1. The maximum Gasteiger partial charge on any atom is 0.182 e. The maximum absolute atomic E-state index is 12.1. The summed E-state index contributed by atoms with van der Waals surface area (Å²) in [5.41, 5.74) is 6.99. The first-order chi connectivity index (χ1) is 7.54. The van der Waals surface area contributed by atoms with Crippen LogP contribution in [0.5, 0.6) is 5.75 Å². The van der Waals surface area contributed by atoms with Gasteiger partial charge in [-0.15, -0.1) is 0 Å². The van der Waals surface area contributed by atoms with E-state index in [9.17, 15) is 4.79 Å². The van der Waals surface area contributed by atoms with E-state index in [4.69, 9.17) is 10.5 Å². The summed E-state index contributed by atoms with van der Waals surface area (Å²) in [5.74, 6) is 0.900. The van der Waals surface area contributed by atoms with Gasteiger partial charge in [-0.2, -0.15) is 0 Å². The number of rotatable bonds is 3. The fraction of sp³-hybridized carbons (Fsp3) is 0.462. The van der Waals surface area contributed by atoms with Gasteiger partial charge in [0.2, 0.25) is 0 Å². The SMILES string of the molecule is CCC(C)(N)C(=O)c1ccc2c(c1)CCO2. The summed E-state index contributed by atoms with van der Waals surface area (Å²) in [5, 5.41) is 0. The Labute approximate surface area is 95.6 Å². The molecule has 0 fully saturated rings. The molecule has 16 heavy (non-hydrogen) atoms. The van der Waals surface area contributed by atoms with Crippen molar-refractivity contribution >= 4 is 5.78 Å². The third-order valence-electron chi connectivity index (χ3n) is 3.20. The number of ether oxygens (including phenoxy) is 1. The molecule has 0 aliphatic carbocycles. The third-order valence-corrected chi connectivity index (χ3v) is 3.20. The standard InChI is InChI=1S/C13H17NO2/c1-3-13(2,14)12(15)10-4-5-11-9(8-10)6-7-16-11/h4-5,8H,3,6-7,14H2,1-2H3. The average molecular weight is 219 g/mol. The molecule has 1 aliphatic rings. The van der Waals surface area contributed by atoms with Gasteiger partial charge in [-0.1, -0.05) is 6.92 Å². The number of benzene rings is 1. The summed E-state index contributed by atoms with van der Waals surface area (Å²) in [6.45, 7) is 4.41. The Hall–Kier alpha value is -1.35. The highest BCUT2D eigenvalue weighted by atomic mass is 16.5. The minimum absolute atomic E-state index is 0.00435. The van der Waals surface area contributed by atoms with Crippen LogP contribution in [0, 0.1) is 0 Å². The van der Waals surface area contributed by atoms with Gasteiger partial charge in [0, 0.05) is 12.0 Å². The molecule has 3 nitrogen and oxygen atoms in total. The molecule has 1 atom stereocenters.